The normalized spacial score (nSPS) is 15.2. The minimum absolute atomic E-state index is 0.152. The number of pyridine rings is 1. The first-order valence-electron chi connectivity index (χ1n) is 11.9. The molecule has 0 bridgehead atoms. The van der Waals surface area contributed by atoms with Crippen LogP contribution in [0, 0.1) is 0 Å². The molecule has 1 saturated heterocycles. The molecular weight excluding hydrogens is 426 g/mol. The van der Waals surface area contributed by atoms with E-state index in [0.29, 0.717) is 18.7 Å². The van der Waals surface area contributed by atoms with E-state index in [2.05, 4.69) is 25.6 Å². The highest BCUT2D eigenvalue weighted by atomic mass is 16.3. The Labute approximate surface area is 201 Å². The third-order valence-corrected chi connectivity index (χ3v) is 6.34. The number of hydrogen-bond donors (Lipinski definition) is 3. The molecule has 1 aliphatic heterocycles. The Morgan fingerprint density at radius 2 is 1.41 bits per heavy atom. The van der Waals surface area contributed by atoms with Crippen molar-refractivity contribution >= 4 is 5.91 Å². The van der Waals surface area contributed by atoms with Crippen LogP contribution in [0.2, 0.25) is 0 Å². The van der Waals surface area contributed by atoms with Gasteiger partial charge in [0, 0.05) is 57.2 Å². The average molecular weight is 460 g/mol. The summed E-state index contributed by atoms with van der Waals surface area (Å²) in [6.07, 6.45) is 4.15. The van der Waals surface area contributed by atoms with Crippen LogP contribution >= 0.6 is 0 Å². The summed E-state index contributed by atoms with van der Waals surface area (Å²) < 4.78 is 0. The van der Waals surface area contributed by atoms with E-state index >= 15 is 0 Å². The van der Waals surface area contributed by atoms with Crippen molar-refractivity contribution < 1.29 is 9.90 Å². The third-order valence-electron chi connectivity index (χ3n) is 6.34. The van der Waals surface area contributed by atoms with E-state index in [1.165, 1.54) is 0 Å². The number of piperazine rings is 1. The molecular formula is C27H33N5O2. The van der Waals surface area contributed by atoms with Crippen molar-refractivity contribution in [2.24, 2.45) is 0 Å². The zero-order valence-electron chi connectivity index (χ0n) is 19.4. The molecule has 1 aliphatic rings. The Kier molecular flexibility index (Phi) is 8.38. The van der Waals surface area contributed by atoms with Crippen molar-refractivity contribution in [3.63, 3.8) is 0 Å². The van der Waals surface area contributed by atoms with Gasteiger partial charge in [0.2, 0.25) is 0 Å². The lowest BCUT2D eigenvalue weighted by molar-refractivity contribution is 0.0167. The highest BCUT2D eigenvalue weighted by molar-refractivity contribution is 5.93. The lowest BCUT2D eigenvalue weighted by atomic mass is 9.85. The molecule has 0 aliphatic carbocycles. The van der Waals surface area contributed by atoms with Gasteiger partial charge in [0.1, 0.15) is 5.60 Å². The lowest BCUT2D eigenvalue weighted by Gasteiger charge is -2.40. The smallest absolute Gasteiger partial charge is 0.265 e. The van der Waals surface area contributed by atoms with Crippen molar-refractivity contribution in [2.75, 3.05) is 45.8 Å². The molecule has 178 valence electrons. The summed E-state index contributed by atoms with van der Waals surface area (Å²) in [5.74, 6) is -0.152. The Morgan fingerprint density at radius 3 is 2.00 bits per heavy atom. The molecule has 3 aromatic rings. The standard InChI is InChI=1S/C27H33N5O2/c33-26(23-12-15-28-16-13-23)30-29-14-7-17-31-18-20-32(21-19-31)22-27(34,24-8-3-1-4-9-24)25-10-5-2-6-11-25/h1-6,8-13,15-16,29,34H,7,14,17-22H2,(H,30,33). The number of nitrogens with zero attached hydrogens (tertiary/aromatic N) is 3. The number of hydrogen-bond acceptors (Lipinski definition) is 6. The average Bonchev–Trinajstić information content (AvgIpc) is 2.91. The zero-order valence-corrected chi connectivity index (χ0v) is 19.4. The maximum atomic E-state index is 12.0. The Hall–Kier alpha value is -3.10. The molecule has 2 heterocycles. The van der Waals surface area contributed by atoms with Gasteiger partial charge in [-0.25, -0.2) is 5.43 Å². The van der Waals surface area contributed by atoms with Crippen LogP contribution < -0.4 is 10.9 Å². The van der Waals surface area contributed by atoms with Crippen molar-refractivity contribution in [1.82, 2.24) is 25.6 Å². The molecule has 1 amide bonds. The minimum Gasteiger partial charge on any atom is -0.379 e. The van der Waals surface area contributed by atoms with E-state index in [4.69, 9.17) is 0 Å². The fraction of sp³-hybridized carbons (Fsp3) is 0.333. The number of aromatic nitrogens is 1. The summed E-state index contributed by atoms with van der Waals surface area (Å²) >= 11 is 0. The number of nitrogens with one attached hydrogen (secondary N) is 2. The number of β-amino-alcohol motifs (C(OH)–C–C–N with tert-alkyl or cyclic N) is 1. The monoisotopic (exact) mass is 459 g/mol. The first kappa shape index (κ1) is 24.0. The van der Waals surface area contributed by atoms with E-state index < -0.39 is 5.60 Å². The van der Waals surface area contributed by atoms with Gasteiger partial charge in [-0.2, -0.15) is 0 Å². The molecule has 0 saturated carbocycles. The van der Waals surface area contributed by atoms with Crippen LogP contribution in [0.4, 0.5) is 0 Å². The molecule has 34 heavy (non-hydrogen) atoms. The third kappa shape index (κ3) is 6.27. The van der Waals surface area contributed by atoms with Gasteiger partial charge in [0.25, 0.3) is 5.91 Å². The predicted octanol–water partition coefficient (Wildman–Crippen LogP) is 2.26. The maximum Gasteiger partial charge on any atom is 0.265 e. The van der Waals surface area contributed by atoms with Gasteiger partial charge in [-0.3, -0.25) is 20.1 Å². The van der Waals surface area contributed by atoms with Gasteiger partial charge in [-0.1, -0.05) is 60.7 Å². The summed E-state index contributed by atoms with van der Waals surface area (Å²) in [6.45, 7) is 5.98. The van der Waals surface area contributed by atoms with Crippen LogP contribution in [0.1, 0.15) is 27.9 Å². The fourth-order valence-corrected chi connectivity index (χ4v) is 4.38. The predicted molar refractivity (Wildman–Crippen MR) is 133 cm³/mol. The number of carbonyl (C=O) groups is 1. The molecule has 4 rings (SSSR count). The van der Waals surface area contributed by atoms with Gasteiger partial charge < -0.3 is 10.0 Å². The number of rotatable bonds is 10. The minimum atomic E-state index is -1.04. The van der Waals surface area contributed by atoms with Crippen LogP contribution in [-0.4, -0.2) is 71.6 Å². The van der Waals surface area contributed by atoms with Gasteiger partial charge >= 0.3 is 0 Å². The number of hydrazine groups is 1. The Balaban J connectivity index is 1.22. The first-order valence-corrected chi connectivity index (χ1v) is 11.9. The maximum absolute atomic E-state index is 12.0. The summed E-state index contributed by atoms with van der Waals surface area (Å²) in [5, 5.41) is 11.8. The molecule has 0 radical (unpaired) electrons. The van der Waals surface area contributed by atoms with Gasteiger partial charge in [0.15, 0.2) is 0 Å². The zero-order chi connectivity index (χ0) is 23.6. The van der Waals surface area contributed by atoms with Crippen LogP contribution in [0.15, 0.2) is 85.2 Å². The van der Waals surface area contributed by atoms with E-state index in [-0.39, 0.29) is 5.91 Å². The van der Waals surface area contributed by atoms with Crippen molar-refractivity contribution in [2.45, 2.75) is 12.0 Å². The summed E-state index contributed by atoms with van der Waals surface area (Å²) in [6, 6.07) is 23.3. The molecule has 0 atom stereocenters. The molecule has 2 aromatic carbocycles. The summed E-state index contributed by atoms with van der Waals surface area (Å²) in [4.78, 5) is 20.7. The van der Waals surface area contributed by atoms with Crippen molar-refractivity contribution in [1.29, 1.82) is 0 Å². The fourth-order valence-electron chi connectivity index (χ4n) is 4.38. The number of benzene rings is 2. The molecule has 0 spiro atoms. The number of amides is 1. The number of carbonyl (C=O) groups excluding carboxylic acids is 1. The van der Waals surface area contributed by atoms with Crippen LogP contribution in [0.3, 0.4) is 0 Å². The van der Waals surface area contributed by atoms with Crippen LogP contribution in [0.25, 0.3) is 0 Å². The van der Waals surface area contributed by atoms with Crippen LogP contribution in [0.5, 0.6) is 0 Å². The Bertz CT molecular complexity index is 969. The van der Waals surface area contributed by atoms with Crippen molar-refractivity contribution in [3.05, 3.63) is 102 Å². The highest BCUT2D eigenvalue weighted by Crippen LogP contribution is 2.30. The number of aliphatic hydroxyl groups is 1. The van der Waals surface area contributed by atoms with E-state index in [1.54, 1.807) is 24.5 Å². The molecule has 1 fully saturated rings. The largest absolute Gasteiger partial charge is 0.379 e. The topological polar surface area (TPSA) is 80.7 Å². The van der Waals surface area contributed by atoms with E-state index in [1.807, 2.05) is 60.7 Å². The molecule has 0 unspecified atom stereocenters. The Morgan fingerprint density at radius 1 is 0.853 bits per heavy atom. The second-order valence-electron chi connectivity index (χ2n) is 8.68. The second-order valence-corrected chi connectivity index (χ2v) is 8.68. The SMILES string of the molecule is O=C(NNCCCN1CCN(CC(O)(c2ccccc2)c2ccccc2)CC1)c1ccncc1. The van der Waals surface area contributed by atoms with Gasteiger partial charge in [-0.15, -0.1) is 0 Å². The summed E-state index contributed by atoms with van der Waals surface area (Å²) in [7, 11) is 0. The lowest BCUT2D eigenvalue weighted by Crippen LogP contribution is -2.51. The quantitative estimate of drug-likeness (QED) is 0.319. The van der Waals surface area contributed by atoms with Crippen molar-refractivity contribution in [3.8, 4) is 0 Å². The summed E-state index contributed by atoms with van der Waals surface area (Å²) in [5.41, 5.74) is 7.13. The van der Waals surface area contributed by atoms with E-state index in [0.717, 1.165) is 50.3 Å². The van der Waals surface area contributed by atoms with E-state index in [9.17, 15) is 9.90 Å². The second kappa shape index (κ2) is 11.9. The molecule has 7 nitrogen and oxygen atoms in total. The van der Waals surface area contributed by atoms with Crippen LogP contribution in [-0.2, 0) is 5.60 Å². The molecule has 1 aromatic heterocycles. The molecule has 3 N–H and O–H groups in total. The first-order chi connectivity index (χ1) is 16.6. The molecule has 7 heteroatoms. The van der Waals surface area contributed by atoms with Gasteiger partial charge in [0.05, 0.1) is 0 Å². The highest BCUT2D eigenvalue weighted by Gasteiger charge is 2.34. The van der Waals surface area contributed by atoms with Gasteiger partial charge in [-0.05, 0) is 36.2 Å².